The molecule has 17 heavy (non-hydrogen) atoms. The number of aliphatic hydroxyl groups is 1. The van der Waals surface area contributed by atoms with Crippen molar-refractivity contribution in [2.45, 2.75) is 31.0 Å². The fraction of sp³-hybridized carbons (Fsp3) is 0.538. The topological polar surface area (TPSA) is 38.7 Å². The van der Waals surface area contributed by atoms with Crippen LogP contribution in [0.3, 0.4) is 0 Å². The summed E-state index contributed by atoms with van der Waals surface area (Å²) in [5, 5.41) is 10.1. The van der Waals surface area contributed by atoms with Crippen LogP contribution >= 0.6 is 0 Å². The molecule has 3 nitrogen and oxygen atoms in total. The molecule has 2 heterocycles. The van der Waals surface area contributed by atoms with Crippen molar-refractivity contribution in [2.75, 3.05) is 13.2 Å². The van der Waals surface area contributed by atoms with Gasteiger partial charge in [0.15, 0.2) is 0 Å². The van der Waals surface area contributed by atoms with Crippen LogP contribution in [-0.4, -0.2) is 23.9 Å². The first kappa shape index (κ1) is 11.0. The molecule has 1 saturated heterocycles. The molecule has 0 aliphatic carbocycles. The highest BCUT2D eigenvalue weighted by molar-refractivity contribution is 5.38. The molecule has 0 saturated carbocycles. The third-order valence-electron chi connectivity index (χ3n) is 3.51. The van der Waals surface area contributed by atoms with Gasteiger partial charge in [-0.1, -0.05) is 0 Å². The molecule has 1 aromatic rings. The van der Waals surface area contributed by atoms with E-state index < -0.39 is 11.7 Å². The number of benzene rings is 1. The predicted octanol–water partition coefficient (Wildman–Crippen LogP) is 2.19. The Labute approximate surface area is 99.2 Å². The van der Waals surface area contributed by atoms with E-state index in [9.17, 15) is 9.50 Å². The highest BCUT2D eigenvalue weighted by Crippen LogP contribution is 2.43. The Morgan fingerprint density at radius 3 is 3.06 bits per heavy atom. The van der Waals surface area contributed by atoms with E-state index in [-0.39, 0.29) is 5.82 Å². The van der Waals surface area contributed by atoms with Crippen molar-refractivity contribution in [3.8, 4) is 5.75 Å². The van der Waals surface area contributed by atoms with Crippen LogP contribution in [0.1, 0.15) is 30.9 Å². The minimum absolute atomic E-state index is 0.343. The van der Waals surface area contributed by atoms with Gasteiger partial charge in [0.1, 0.15) is 17.2 Å². The fourth-order valence-electron chi connectivity index (χ4n) is 2.68. The van der Waals surface area contributed by atoms with Crippen LogP contribution in [0.4, 0.5) is 4.39 Å². The van der Waals surface area contributed by atoms with Crippen LogP contribution in [0.15, 0.2) is 18.2 Å². The molecule has 2 aliphatic heterocycles. The zero-order valence-corrected chi connectivity index (χ0v) is 9.49. The second-order valence-corrected chi connectivity index (χ2v) is 4.84. The molecule has 92 valence electrons. The maximum Gasteiger partial charge on any atom is 0.135 e. The van der Waals surface area contributed by atoms with E-state index in [2.05, 4.69) is 0 Å². The van der Waals surface area contributed by atoms with E-state index in [1.54, 1.807) is 6.07 Å². The minimum Gasteiger partial charge on any atom is -0.484 e. The molecule has 1 N–H and O–H groups in total. The molecule has 0 amide bonds. The number of fused-ring (bicyclic) bond motifs is 1. The van der Waals surface area contributed by atoms with Crippen LogP contribution in [0.5, 0.6) is 5.75 Å². The Morgan fingerprint density at radius 2 is 2.29 bits per heavy atom. The second-order valence-electron chi connectivity index (χ2n) is 4.84. The molecule has 0 aromatic heterocycles. The molecule has 0 bridgehead atoms. The highest BCUT2D eigenvalue weighted by Gasteiger charge is 2.42. The van der Waals surface area contributed by atoms with Gasteiger partial charge in [-0.2, -0.15) is 0 Å². The van der Waals surface area contributed by atoms with Crippen molar-refractivity contribution >= 4 is 0 Å². The first-order valence-electron chi connectivity index (χ1n) is 5.93. The number of hydrogen-bond donors (Lipinski definition) is 1. The number of rotatable bonds is 0. The van der Waals surface area contributed by atoms with E-state index in [4.69, 9.17) is 9.47 Å². The smallest absolute Gasteiger partial charge is 0.135 e. The third-order valence-corrected chi connectivity index (χ3v) is 3.51. The highest BCUT2D eigenvalue weighted by atomic mass is 19.1. The monoisotopic (exact) mass is 238 g/mol. The van der Waals surface area contributed by atoms with Crippen LogP contribution in [0.2, 0.25) is 0 Å². The number of aliphatic hydroxyl groups excluding tert-OH is 1. The zero-order chi connectivity index (χ0) is 11.9. The van der Waals surface area contributed by atoms with E-state index in [0.717, 1.165) is 19.4 Å². The van der Waals surface area contributed by atoms with Gasteiger partial charge in [-0.05, 0) is 25.0 Å². The molecule has 2 unspecified atom stereocenters. The molecular formula is C13H15FO3. The van der Waals surface area contributed by atoms with Gasteiger partial charge in [0.25, 0.3) is 0 Å². The van der Waals surface area contributed by atoms with Gasteiger partial charge in [-0.3, -0.25) is 0 Å². The summed E-state index contributed by atoms with van der Waals surface area (Å²) in [6, 6.07) is 4.28. The average Bonchev–Trinajstić information content (AvgIpc) is 2.29. The lowest BCUT2D eigenvalue weighted by Crippen LogP contribution is -2.47. The van der Waals surface area contributed by atoms with Gasteiger partial charge < -0.3 is 14.6 Å². The SMILES string of the molecule is OC1CC2(CCCOC2)Oc2cc(F)ccc21. The van der Waals surface area contributed by atoms with E-state index >= 15 is 0 Å². The Morgan fingerprint density at radius 1 is 1.41 bits per heavy atom. The maximum absolute atomic E-state index is 13.2. The van der Waals surface area contributed by atoms with E-state index in [0.29, 0.717) is 24.3 Å². The Bertz CT molecular complexity index is 427. The molecule has 1 aromatic carbocycles. The van der Waals surface area contributed by atoms with Crippen LogP contribution in [0.25, 0.3) is 0 Å². The Balaban J connectivity index is 1.95. The van der Waals surface area contributed by atoms with E-state index in [1.165, 1.54) is 12.1 Å². The second kappa shape index (κ2) is 3.96. The Kier molecular flexibility index (Phi) is 2.56. The molecule has 0 radical (unpaired) electrons. The average molecular weight is 238 g/mol. The summed E-state index contributed by atoms with van der Waals surface area (Å²) in [7, 11) is 0. The lowest BCUT2D eigenvalue weighted by atomic mass is 9.85. The first-order valence-corrected chi connectivity index (χ1v) is 5.93. The standard InChI is InChI=1S/C13H15FO3/c14-9-2-3-10-11(15)7-13(17-12(10)6-9)4-1-5-16-8-13/h2-3,6,11,15H,1,4-5,7-8H2. The summed E-state index contributed by atoms with van der Waals surface area (Å²) in [5.74, 6) is 0.110. The van der Waals surface area contributed by atoms with Crippen LogP contribution in [-0.2, 0) is 4.74 Å². The van der Waals surface area contributed by atoms with Gasteiger partial charge in [-0.25, -0.2) is 4.39 Å². The predicted molar refractivity (Wildman–Crippen MR) is 59.4 cm³/mol. The largest absolute Gasteiger partial charge is 0.484 e. The molecule has 2 atom stereocenters. The molecule has 4 heteroatoms. The first-order chi connectivity index (χ1) is 8.19. The van der Waals surface area contributed by atoms with Crippen molar-refractivity contribution in [3.63, 3.8) is 0 Å². The van der Waals surface area contributed by atoms with Crippen molar-refractivity contribution in [1.29, 1.82) is 0 Å². The van der Waals surface area contributed by atoms with Gasteiger partial charge in [0, 0.05) is 24.7 Å². The fourth-order valence-corrected chi connectivity index (χ4v) is 2.68. The van der Waals surface area contributed by atoms with Crippen LogP contribution < -0.4 is 4.74 Å². The number of ether oxygens (including phenoxy) is 2. The maximum atomic E-state index is 13.2. The Hall–Kier alpha value is -1.13. The van der Waals surface area contributed by atoms with Gasteiger partial charge in [0.05, 0.1) is 12.7 Å². The molecule has 1 fully saturated rings. The van der Waals surface area contributed by atoms with Gasteiger partial charge in [0.2, 0.25) is 0 Å². The van der Waals surface area contributed by atoms with Crippen molar-refractivity contribution in [1.82, 2.24) is 0 Å². The molecule has 2 aliphatic rings. The number of halogens is 1. The normalized spacial score (nSPS) is 32.0. The molecule has 1 spiro atoms. The lowest BCUT2D eigenvalue weighted by molar-refractivity contribution is -0.103. The lowest BCUT2D eigenvalue weighted by Gasteiger charge is -2.42. The van der Waals surface area contributed by atoms with Crippen molar-refractivity contribution in [3.05, 3.63) is 29.6 Å². The number of hydrogen-bond acceptors (Lipinski definition) is 3. The molecular weight excluding hydrogens is 223 g/mol. The molecule has 3 rings (SSSR count). The summed E-state index contributed by atoms with van der Waals surface area (Å²) in [6.45, 7) is 1.21. The van der Waals surface area contributed by atoms with Gasteiger partial charge >= 0.3 is 0 Å². The van der Waals surface area contributed by atoms with Gasteiger partial charge in [-0.15, -0.1) is 0 Å². The van der Waals surface area contributed by atoms with Crippen molar-refractivity contribution < 1.29 is 19.0 Å². The summed E-state index contributed by atoms with van der Waals surface area (Å²) in [6.07, 6.45) is 1.68. The van der Waals surface area contributed by atoms with E-state index in [1.807, 2.05) is 0 Å². The zero-order valence-electron chi connectivity index (χ0n) is 9.49. The van der Waals surface area contributed by atoms with Crippen molar-refractivity contribution in [2.24, 2.45) is 0 Å². The summed E-state index contributed by atoms with van der Waals surface area (Å²) in [4.78, 5) is 0. The summed E-state index contributed by atoms with van der Waals surface area (Å²) >= 11 is 0. The third kappa shape index (κ3) is 1.91. The summed E-state index contributed by atoms with van der Waals surface area (Å²) in [5.41, 5.74) is 0.195. The van der Waals surface area contributed by atoms with Crippen LogP contribution in [0, 0.1) is 5.82 Å². The summed E-state index contributed by atoms with van der Waals surface area (Å²) < 4.78 is 24.5. The quantitative estimate of drug-likeness (QED) is 0.753. The minimum atomic E-state index is -0.596.